The summed E-state index contributed by atoms with van der Waals surface area (Å²) in [7, 11) is -18.2. The number of hydroxylamine groups is 2. The maximum atomic E-state index is 13.5. The lowest BCUT2D eigenvalue weighted by Crippen LogP contribution is -2.39. The van der Waals surface area contributed by atoms with Gasteiger partial charge in [0.2, 0.25) is 52.0 Å². The van der Waals surface area contributed by atoms with Gasteiger partial charge in [0.25, 0.3) is 16.6 Å². The number of hydrogen-bond acceptors (Lipinski definition) is 22. The molecule has 7 heterocycles. The van der Waals surface area contributed by atoms with Gasteiger partial charge in [-0.1, -0.05) is 279 Å². The van der Waals surface area contributed by atoms with Crippen LogP contribution >= 0.6 is 31.9 Å². The highest BCUT2D eigenvalue weighted by molar-refractivity contribution is 9.10. The van der Waals surface area contributed by atoms with Crippen LogP contribution in [-0.2, 0) is 62.4 Å². The smallest absolute Gasteiger partial charge is 0.380 e. The molecule has 0 unspecified atom stereocenters. The zero-order chi connectivity index (χ0) is 97.1. The Hall–Kier alpha value is -13.6. The van der Waals surface area contributed by atoms with E-state index in [2.05, 4.69) is 98.0 Å². The Labute approximate surface area is 824 Å². The minimum Gasteiger partial charge on any atom is -0.743 e. The maximum absolute atomic E-state index is 13.5. The van der Waals surface area contributed by atoms with Crippen LogP contribution in [0.1, 0.15) is 96.7 Å². The molecule has 3 aromatic heterocycles. The molecule has 0 atom stereocenters. The standard InChI is InChI=1S/C38H33N3O8S2.C37H34Br2N2O5S.C33H30N2O5S/c1-2-28(22-37-40(26-50(42,43)44)33-24-31(16-18-35(33)47-37)29-12-6-3-7-13-29)23-38-41(27-51(45,46)49-39-20-10-5-11-21-39)34-25-32(17-19-36(34)48-38)30-14-8-4-9-15-30;1-3-5-6-19-40-32-22-28(26-7-13-30(38)14-8-26)11-17-34(32)45-36(40)20-25(4-2)21-37-41(24-47(42,43)44)33-23-29(12-18-35(33)46-37)27-9-15-31(39)16-10-27;1-2-3-10-19-34-28-20-26(24-11-6-4-7-12-24)15-17-30(28)39-32(34)22-33-35(23-41(36,37)38)29-21-27(16-18-31(29)40-33)25-13-8-5-9-14-25/h3-20,22-25H,2,21,26-27H2,1H3;7-18,20-23H,3-6,19,24H2,1-2H3;4-9,11-18,20-22H,2-3,10,19,23H2,1H3. The first kappa shape index (κ1) is 97.1. The molecule has 4 aliphatic rings. The van der Waals surface area contributed by atoms with Crippen molar-refractivity contribution in [2.45, 2.75) is 96.7 Å². The van der Waals surface area contributed by atoms with Crippen LogP contribution in [0.25, 0.3) is 118 Å². The third-order valence-corrected chi connectivity index (χ3v) is 27.4. The highest BCUT2D eigenvalue weighted by Crippen LogP contribution is 2.47. The predicted octanol–water partition coefficient (Wildman–Crippen LogP) is 23.4. The summed E-state index contributed by atoms with van der Waals surface area (Å²) < 4.78 is 184. The molecule has 0 radical (unpaired) electrons. The van der Waals surface area contributed by atoms with Gasteiger partial charge in [-0.25, -0.2) is 30.3 Å². The molecule has 25 nitrogen and oxygen atoms in total. The summed E-state index contributed by atoms with van der Waals surface area (Å²) in [4.78, 5) is 5.82. The average Bonchev–Trinajstić information content (AvgIpc) is 1.62. The number of aromatic nitrogens is 3. The van der Waals surface area contributed by atoms with Gasteiger partial charge in [-0.15, -0.1) is 18.0 Å². The Morgan fingerprint density at radius 1 is 0.374 bits per heavy atom. The molecule has 0 bridgehead atoms. The van der Waals surface area contributed by atoms with E-state index in [9.17, 15) is 47.3 Å². The third-order valence-electron chi connectivity index (χ3n) is 23.6. The highest BCUT2D eigenvalue weighted by atomic mass is 79.9. The van der Waals surface area contributed by atoms with E-state index in [0.29, 0.717) is 87.2 Å². The number of halogens is 2. The lowest BCUT2D eigenvalue weighted by molar-refractivity contribution is -0.658. The van der Waals surface area contributed by atoms with Gasteiger partial charge >= 0.3 is 27.8 Å². The molecule has 0 aliphatic carbocycles. The van der Waals surface area contributed by atoms with Crippen molar-refractivity contribution in [2.75, 3.05) is 40.2 Å². The van der Waals surface area contributed by atoms with Crippen LogP contribution in [0.15, 0.2) is 367 Å². The monoisotopic (exact) mass is 2070 g/mol. The van der Waals surface area contributed by atoms with Crippen LogP contribution in [0.3, 0.4) is 0 Å². The second-order valence-electron chi connectivity index (χ2n) is 33.4. The Balaban J connectivity index is 0.000000145. The fourth-order valence-corrected chi connectivity index (χ4v) is 20.0. The number of allylic oxidation sites excluding steroid dienone is 6. The number of unbranched alkanes of at least 4 members (excludes halogenated alkanes) is 4. The van der Waals surface area contributed by atoms with Crippen molar-refractivity contribution in [3.63, 3.8) is 0 Å². The molecule has 0 saturated heterocycles. The van der Waals surface area contributed by atoms with Gasteiger partial charge < -0.3 is 50.9 Å². The quantitative estimate of drug-likeness (QED) is 0.0221. The number of anilines is 3. The molecule has 0 saturated carbocycles. The molecule has 0 spiro atoms. The Kier molecular flexibility index (Phi) is 29.9. The molecule has 31 heteroatoms. The summed E-state index contributed by atoms with van der Waals surface area (Å²) in [6.45, 7) is 9.99. The van der Waals surface area contributed by atoms with Crippen molar-refractivity contribution in [3.05, 3.63) is 371 Å². The van der Waals surface area contributed by atoms with Gasteiger partial charge in [-0.3, -0.25) is 4.90 Å². The lowest BCUT2D eigenvalue weighted by Gasteiger charge is -2.23. The van der Waals surface area contributed by atoms with E-state index in [4.69, 9.17) is 31.7 Å². The molecule has 139 heavy (non-hydrogen) atoms. The van der Waals surface area contributed by atoms with Crippen molar-refractivity contribution in [2.24, 2.45) is 0 Å². The van der Waals surface area contributed by atoms with E-state index in [1.165, 1.54) is 29.9 Å². The van der Waals surface area contributed by atoms with Gasteiger partial charge in [-0.05, 0) is 189 Å². The molecule has 15 aromatic rings. The molecule has 0 amide bonds. The number of fused-ring (bicyclic) bond motifs is 6. The van der Waals surface area contributed by atoms with Crippen LogP contribution in [0.4, 0.5) is 17.1 Å². The van der Waals surface area contributed by atoms with Crippen molar-refractivity contribution < 1.29 is 92.8 Å². The van der Waals surface area contributed by atoms with Gasteiger partial charge in [0, 0.05) is 58.6 Å². The molecular formula is C108H97Br2N7O18S4. The van der Waals surface area contributed by atoms with Gasteiger partial charge in [0.15, 0.2) is 53.5 Å². The number of hydrogen-bond donors (Lipinski definition) is 0. The topological polar surface area (TPSA) is 307 Å². The van der Waals surface area contributed by atoms with Crippen LogP contribution in [0.5, 0.6) is 17.2 Å². The highest BCUT2D eigenvalue weighted by Gasteiger charge is 2.37. The van der Waals surface area contributed by atoms with E-state index in [0.717, 1.165) is 143 Å². The van der Waals surface area contributed by atoms with Crippen molar-refractivity contribution in [1.82, 2.24) is 5.06 Å². The Morgan fingerprint density at radius 3 is 1.06 bits per heavy atom. The van der Waals surface area contributed by atoms with Crippen molar-refractivity contribution >= 4 is 141 Å². The third kappa shape index (κ3) is 23.9. The number of rotatable bonds is 31. The lowest BCUT2D eigenvalue weighted by atomic mass is 10.0. The van der Waals surface area contributed by atoms with E-state index in [-0.39, 0.29) is 30.1 Å². The summed E-state index contributed by atoms with van der Waals surface area (Å²) in [6, 6.07) is 89.5. The van der Waals surface area contributed by atoms with Crippen LogP contribution in [0.2, 0.25) is 0 Å². The predicted molar refractivity (Wildman–Crippen MR) is 544 cm³/mol. The van der Waals surface area contributed by atoms with Crippen molar-refractivity contribution in [1.29, 1.82) is 0 Å². The Morgan fingerprint density at radius 2 is 0.698 bits per heavy atom. The Bertz CT molecular complexity index is 7810. The van der Waals surface area contributed by atoms with Gasteiger partial charge in [-0.2, -0.15) is 8.42 Å². The summed E-state index contributed by atoms with van der Waals surface area (Å²) in [5, 5.41) is 1.22. The molecule has 12 aromatic carbocycles. The van der Waals surface area contributed by atoms with E-state index in [1.807, 2.05) is 226 Å². The SMILES string of the molecule is CCC(/C=C1\Oc2ccc(-c3ccccc3)cc2N1CS(=O)(=O)ON1C=CC=CC1)=C\c1oc2ccc(-c3ccccc3)cc2[n+]1CS(=O)(=O)[O-].CCCCCN1/C(=C/C(=C\c2oc3ccc(-c4ccc(Br)cc4)cc3[n+]2CS(=O)(=O)[O-])CC)Oc2ccc(-c3ccc(Br)cc3)cc21.CCCCCN1C(=Cc2oc3ccc(-c4ccccc4)cc3[n+]2CS(=O)(=O)[O-])Oc2ccc(-c3ccccc3)cc21. The second-order valence-corrected chi connectivity index (χ2v) is 40.9. The first-order valence-electron chi connectivity index (χ1n) is 45.4. The molecule has 0 N–H and O–H groups in total. The molecule has 19 rings (SSSR count). The van der Waals surface area contributed by atoms with Crippen LogP contribution in [0, 0.1) is 0 Å². The number of benzene rings is 12. The van der Waals surface area contributed by atoms with Gasteiger partial charge in [0.1, 0.15) is 6.08 Å². The number of oxazole rings is 3. The average molecular weight is 2070 g/mol. The summed E-state index contributed by atoms with van der Waals surface area (Å²) in [5.41, 5.74) is 18.3. The van der Waals surface area contributed by atoms with Crippen LogP contribution in [-0.4, -0.2) is 77.9 Å². The fraction of sp³-hybridized carbons (Fsp3) is 0.176. The summed E-state index contributed by atoms with van der Waals surface area (Å²) in [6.07, 6.45) is 22.8. The molecule has 4 aliphatic heterocycles. The van der Waals surface area contributed by atoms with E-state index in [1.54, 1.807) is 72.9 Å². The molecule has 0 fully saturated rings. The molecular weight excluding hydrogens is 1970 g/mol. The summed E-state index contributed by atoms with van der Waals surface area (Å²) >= 11 is 6.99. The number of nitrogens with zero attached hydrogens (tertiary/aromatic N) is 7. The molecule has 710 valence electrons. The zero-order valence-electron chi connectivity index (χ0n) is 76.2. The normalized spacial score (nSPS) is 14.6. The van der Waals surface area contributed by atoms with E-state index >= 15 is 0 Å². The largest absolute Gasteiger partial charge is 0.743 e. The van der Waals surface area contributed by atoms with E-state index < -0.39 is 64.0 Å². The minimum absolute atomic E-state index is 0.123. The fourth-order valence-electron chi connectivity index (χ4n) is 16.7. The van der Waals surface area contributed by atoms with Gasteiger partial charge in [0.05, 0.1) is 35.8 Å². The summed E-state index contributed by atoms with van der Waals surface area (Å²) in [5.74, 6) is 0.992. The minimum atomic E-state index is -4.73. The zero-order valence-corrected chi connectivity index (χ0v) is 82.7. The van der Waals surface area contributed by atoms with Crippen molar-refractivity contribution in [3.8, 4) is 84.0 Å². The maximum Gasteiger partial charge on any atom is 0.380 e. The van der Waals surface area contributed by atoms with Crippen LogP contribution < -0.4 is 42.6 Å². The first-order valence-corrected chi connectivity index (χ1v) is 53.3. The first-order chi connectivity index (χ1) is 67.1. The second kappa shape index (κ2) is 42.8. The number of ether oxygens (including phenoxy) is 3.